The van der Waals surface area contributed by atoms with Crippen LogP contribution in [0.3, 0.4) is 0 Å². The molecule has 1 amide bonds. The van der Waals surface area contributed by atoms with E-state index in [-0.39, 0.29) is 5.91 Å². The van der Waals surface area contributed by atoms with Crippen LogP contribution in [0.4, 0.5) is 0 Å². The van der Waals surface area contributed by atoms with Crippen molar-refractivity contribution in [1.82, 2.24) is 14.7 Å². The second kappa shape index (κ2) is 8.52. The molecule has 26 heavy (non-hydrogen) atoms. The van der Waals surface area contributed by atoms with Gasteiger partial charge in [-0.1, -0.05) is 29.8 Å². The molecular weight excluding hydrogens is 326 g/mol. The third-order valence-electron chi connectivity index (χ3n) is 4.26. The fourth-order valence-corrected chi connectivity index (χ4v) is 2.86. The Morgan fingerprint density at radius 2 is 2.00 bits per heavy atom. The molecule has 0 fully saturated rings. The molecule has 0 saturated carbocycles. The zero-order valence-corrected chi connectivity index (χ0v) is 15.4. The van der Waals surface area contributed by atoms with Gasteiger partial charge in [-0.05, 0) is 38.0 Å². The molecular formula is C21H25N3O2. The van der Waals surface area contributed by atoms with E-state index in [1.165, 1.54) is 11.1 Å². The van der Waals surface area contributed by atoms with E-state index in [1.807, 2.05) is 35.9 Å². The van der Waals surface area contributed by atoms with E-state index in [0.717, 1.165) is 23.5 Å². The molecule has 0 aliphatic heterocycles. The summed E-state index contributed by atoms with van der Waals surface area (Å²) in [6, 6.07) is 12.2. The average Bonchev–Trinajstić information content (AvgIpc) is 3.05. The Kier molecular flexibility index (Phi) is 5.89. The van der Waals surface area contributed by atoms with Crippen molar-refractivity contribution in [1.29, 1.82) is 0 Å². The van der Waals surface area contributed by atoms with E-state index in [1.54, 1.807) is 0 Å². The van der Waals surface area contributed by atoms with Gasteiger partial charge in [0.25, 0.3) is 0 Å². The molecule has 3 rings (SSSR count). The van der Waals surface area contributed by atoms with Gasteiger partial charge in [0.1, 0.15) is 0 Å². The Balaban J connectivity index is 1.48. The number of amides is 1. The standard InChI is InChI=1S/C21H25N3O2/c1-3-26-19-5-4-14-24-15-18(23-21(19)24)12-13-22-20(25)11-10-17-8-6-16(2)7-9-17/h4-9,14-15H,3,10-13H2,1-2H3,(H,22,25). The average molecular weight is 351 g/mol. The number of nitrogens with zero attached hydrogens (tertiary/aromatic N) is 2. The van der Waals surface area contributed by atoms with Gasteiger partial charge in [0.2, 0.25) is 5.91 Å². The number of benzene rings is 1. The van der Waals surface area contributed by atoms with Crippen LogP contribution < -0.4 is 10.1 Å². The summed E-state index contributed by atoms with van der Waals surface area (Å²) in [7, 11) is 0. The molecule has 5 heteroatoms. The predicted octanol–water partition coefficient (Wildman–Crippen LogP) is 3.33. The molecule has 0 aliphatic carbocycles. The van der Waals surface area contributed by atoms with E-state index in [4.69, 9.17) is 4.74 Å². The number of hydrogen-bond donors (Lipinski definition) is 1. The van der Waals surface area contributed by atoms with E-state index in [2.05, 4.69) is 41.5 Å². The molecule has 1 aromatic carbocycles. The molecule has 0 bridgehead atoms. The number of pyridine rings is 1. The topological polar surface area (TPSA) is 55.6 Å². The Morgan fingerprint density at radius 3 is 2.77 bits per heavy atom. The van der Waals surface area contributed by atoms with Gasteiger partial charge in [0.05, 0.1) is 12.3 Å². The highest BCUT2D eigenvalue weighted by atomic mass is 16.5. The molecule has 0 radical (unpaired) electrons. The molecule has 136 valence electrons. The Morgan fingerprint density at radius 1 is 1.19 bits per heavy atom. The van der Waals surface area contributed by atoms with E-state index >= 15 is 0 Å². The van der Waals surface area contributed by atoms with Crippen molar-refractivity contribution < 1.29 is 9.53 Å². The highest BCUT2D eigenvalue weighted by molar-refractivity contribution is 5.76. The highest BCUT2D eigenvalue weighted by Crippen LogP contribution is 2.19. The molecule has 2 aromatic heterocycles. The fraction of sp³-hybridized carbons (Fsp3) is 0.333. The van der Waals surface area contributed by atoms with Gasteiger partial charge >= 0.3 is 0 Å². The molecule has 1 N–H and O–H groups in total. The smallest absolute Gasteiger partial charge is 0.220 e. The van der Waals surface area contributed by atoms with Gasteiger partial charge in [-0.3, -0.25) is 4.79 Å². The highest BCUT2D eigenvalue weighted by Gasteiger charge is 2.08. The lowest BCUT2D eigenvalue weighted by atomic mass is 10.1. The number of ether oxygens (including phenoxy) is 1. The summed E-state index contributed by atoms with van der Waals surface area (Å²) in [6.45, 7) is 5.21. The second-order valence-electron chi connectivity index (χ2n) is 6.35. The van der Waals surface area contributed by atoms with Crippen LogP contribution in [0.2, 0.25) is 0 Å². The van der Waals surface area contributed by atoms with Gasteiger partial charge in [-0.25, -0.2) is 4.98 Å². The summed E-state index contributed by atoms with van der Waals surface area (Å²) < 4.78 is 7.56. The van der Waals surface area contributed by atoms with Gasteiger partial charge < -0.3 is 14.5 Å². The molecule has 3 aromatic rings. The number of aromatic nitrogens is 2. The van der Waals surface area contributed by atoms with Crippen LogP contribution in [0.15, 0.2) is 48.8 Å². The van der Waals surface area contributed by atoms with Crippen LogP contribution in [0.5, 0.6) is 5.75 Å². The quantitative estimate of drug-likeness (QED) is 0.677. The monoisotopic (exact) mass is 351 g/mol. The Hall–Kier alpha value is -2.82. The number of rotatable bonds is 8. The van der Waals surface area contributed by atoms with Crippen molar-refractivity contribution >= 4 is 11.6 Å². The number of nitrogens with one attached hydrogen (secondary N) is 1. The second-order valence-corrected chi connectivity index (χ2v) is 6.35. The van der Waals surface area contributed by atoms with Crippen LogP contribution >= 0.6 is 0 Å². The van der Waals surface area contributed by atoms with Crippen LogP contribution in [-0.2, 0) is 17.6 Å². The number of imidazole rings is 1. The molecule has 0 saturated heterocycles. The maximum atomic E-state index is 12.0. The van der Waals surface area contributed by atoms with Crippen molar-refractivity contribution in [3.05, 3.63) is 65.6 Å². The summed E-state index contributed by atoms with van der Waals surface area (Å²) in [5, 5.41) is 2.98. The van der Waals surface area contributed by atoms with Crippen LogP contribution in [-0.4, -0.2) is 28.4 Å². The van der Waals surface area contributed by atoms with Crippen molar-refractivity contribution in [2.75, 3.05) is 13.2 Å². The van der Waals surface area contributed by atoms with Gasteiger partial charge in [0, 0.05) is 31.8 Å². The number of hydrogen-bond acceptors (Lipinski definition) is 3. The zero-order chi connectivity index (χ0) is 18.4. The summed E-state index contributed by atoms with van der Waals surface area (Å²) in [5.41, 5.74) is 4.18. The van der Waals surface area contributed by atoms with E-state index < -0.39 is 0 Å². The van der Waals surface area contributed by atoms with Crippen molar-refractivity contribution in [3.63, 3.8) is 0 Å². The normalized spacial score (nSPS) is 10.8. The summed E-state index contributed by atoms with van der Waals surface area (Å²) in [5.74, 6) is 0.854. The third kappa shape index (κ3) is 4.63. The Labute approximate surface area is 154 Å². The van der Waals surface area contributed by atoms with E-state index in [0.29, 0.717) is 26.0 Å². The lowest BCUT2D eigenvalue weighted by Gasteiger charge is -2.04. The largest absolute Gasteiger partial charge is 0.490 e. The van der Waals surface area contributed by atoms with Crippen LogP contribution in [0, 0.1) is 6.92 Å². The zero-order valence-electron chi connectivity index (χ0n) is 15.4. The first-order chi connectivity index (χ1) is 12.7. The Bertz CT molecular complexity index is 869. The number of carbonyl (C=O) groups is 1. The van der Waals surface area contributed by atoms with Gasteiger partial charge in [-0.15, -0.1) is 0 Å². The molecule has 0 aliphatic rings. The van der Waals surface area contributed by atoms with Gasteiger partial charge in [-0.2, -0.15) is 0 Å². The van der Waals surface area contributed by atoms with Gasteiger partial charge in [0.15, 0.2) is 11.4 Å². The maximum Gasteiger partial charge on any atom is 0.220 e. The minimum absolute atomic E-state index is 0.0735. The first-order valence-corrected chi connectivity index (χ1v) is 9.07. The van der Waals surface area contributed by atoms with Crippen molar-refractivity contribution in [3.8, 4) is 5.75 Å². The van der Waals surface area contributed by atoms with Crippen LogP contribution in [0.25, 0.3) is 5.65 Å². The van der Waals surface area contributed by atoms with Crippen LogP contribution in [0.1, 0.15) is 30.2 Å². The minimum atomic E-state index is 0.0735. The summed E-state index contributed by atoms with van der Waals surface area (Å²) in [6.07, 6.45) is 5.90. The molecule has 0 atom stereocenters. The fourth-order valence-electron chi connectivity index (χ4n) is 2.86. The lowest BCUT2D eigenvalue weighted by molar-refractivity contribution is -0.121. The third-order valence-corrected chi connectivity index (χ3v) is 4.26. The molecule has 0 unspecified atom stereocenters. The SMILES string of the molecule is CCOc1cccn2cc(CCNC(=O)CCc3ccc(C)cc3)nc12. The maximum absolute atomic E-state index is 12.0. The van der Waals surface area contributed by atoms with Crippen molar-refractivity contribution in [2.45, 2.75) is 33.1 Å². The minimum Gasteiger partial charge on any atom is -0.490 e. The molecule has 2 heterocycles. The molecule has 0 spiro atoms. The predicted molar refractivity (Wildman–Crippen MR) is 103 cm³/mol. The van der Waals surface area contributed by atoms with E-state index in [9.17, 15) is 4.79 Å². The number of carbonyl (C=O) groups excluding carboxylic acids is 1. The molecule has 5 nitrogen and oxygen atoms in total. The first-order valence-electron chi connectivity index (χ1n) is 9.07. The lowest BCUT2D eigenvalue weighted by Crippen LogP contribution is -2.25. The first kappa shape index (κ1) is 18.0. The number of aryl methyl sites for hydroxylation is 2. The summed E-state index contributed by atoms with van der Waals surface area (Å²) in [4.78, 5) is 16.6. The van der Waals surface area contributed by atoms with Crippen molar-refractivity contribution in [2.24, 2.45) is 0 Å². The summed E-state index contributed by atoms with van der Waals surface area (Å²) >= 11 is 0. The number of fused-ring (bicyclic) bond motifs is 1.